The zero-order valence-electron chi connectivity index (χ0n) is 13.1. The minimum absolute atomic E-state index is 0.100. The minimum Gasteiger partial charge on any atom is -0.444 e. The number of rotatable bonds is 6. The van der Waals surface area contributed by atoms with Gasteiger partial charge in [-0.1, -0.05) is 0 Å². The molecule has 1 fully saturated rings. The van der Waals surface area contributed by atoms with Crippen LogP contribution in [0.25, 0.3) is 0 Å². The maximum atomic E-state index is 12.8. The lowest BCUT2D eigenvalue weighted by Gasteiger charge is -2.20. The molecule has 0 radical (unpaired) electrons. The molecule has 0 aromatic carbocycles. The minimum atomic E-state index is -4.67. The smallest absolute Gasteiger partial charge is 0.407 e. The lowest BCUT2D eigenvalue weighted by Crippen LogP contribution is -2.33. The van der Waals surface area contributed by atoms with Gasteiger partial charge in [-0.25, -0.2) is 4.79 Å². The summed E-state index contributed by atoms with van der Waals surface area (Å²) in [6, 6.07) is 0. The summed E-state index contributed by atoms with van der Waals surface area (Å²) in [5.41, 5.74) is -0.557. The molecule has 9 heteroatoms. The zero-order valence-corrected chi connectivity index (χ0v) is 13.9. The van der Waals surface area contributed by atoms with Crippen molar-refractivity contribution in [2.24, 2.45) is 0 Å². The van der Waals surface area contributed by atoms with Crippen LogP contribution in [0.15, 0.2) is 0 Å². The number of ether oxygens (including phenoxy) is 1. The topological polar surface area (TPSA) is 92.8 Å². The maximum absolute atomic E-state index is 12.8. The Morgan fingerprint density at radius 2 is 2.05 bits per heavy atom. The van der Waals surface area contributed by atoms with Gasteiger partial charge >= 0.3 is 16.3 Å². The van der Waals surface area contributed by atoms with E-state index >= 15 is 0 Å². The number of amides is 2. The van der Waals surface area contributed by atoms with E-state index in [9.17, 15) is 21.9 Å². The Hall–Kier alpha value is -1.38. The van der Waals surface area contributed by atoms with Crippen LogP contribution >= 0.6 is 0 Å². The van der Waals surface area contributed by atoms with E-state index in [1.807, 2.05) is 0 Å². The van der Waals surface area contributed by atoms with Gasteiger partial charge in [-0.05, 0) is 33.6 Å². The van der Waals surface area contributed by atoms with Crippen molar-refractivity contribution in [3.05, 3.63) is 0 Å². The van der Waals surface area contributed by atoms with Gasteiger partial charge in [0, 0.05) is 26.1 Å². The Bertz CT molecular complexity index is 515. The molecule has 0 aromatic rings. The second-order valence-corrected chi connectivity index (χ2v) is 7.90. The average molecular weight is 338 g/mol. The lowest BCUT2D eigenvalue weighted by molar-refractivity contribution is -0.127. The molecule has 1 unspecified atom stereocenters. The molecular weight excluding hydrogens is 315 g/mol. The molecule has 0 aromatic heterocycles. The molecule has 1 N–H and O–H groups in total. The van der Waals surface area contributed by atoms with Crippen LogP contribution < -0.4 is 5.32 Å². The van der Waals surface area contributed by atoms with E-state index in [0.29, 0.717) is 25.9 Å². The number of alkyl carbamates (subject to hydrolysis) is 1. The molecule has 1 saturated heterocycles. The monoisotopic (exact) mass is 338 g/mol. The molecule has 1 atom stereocenters. The largest absolute Gasteiger partial charge is 0.444 e. The number of halogens is 1. The van der Waals surface area contributed by atoms with Crippen molar-refractivity contribution in [2.75, 3.05) is 19.6 Å². The summed E-state index contributed by atoms with van der Waals surface area (Å²) in [5, 5.41) is 1.34. The predicted molar refractivity (Wildman–Crippen MR) is 78.5 cm³/mol. The van der Waals surface area contributed by atoms with Crippen molar-refractivity contribution >= 4 is 22.2 Å². The van der Waals surface area contributed by atoms with E-state index in [2.05, 4.69) is 5.32 Å². The molecule has 0 bridgehead atoms. The van der Waals surface area contributed by atoms with Gasteiger partial charge in [0.25, 0.3) is 0 Å². The first-order valence-corrected chi connectivity index (χ1v) is 8.62. The molecule has 7 nitrogen and oxygen atoms in total. The number of unbranched alkanes of at least 4 members (excludes halogenated alkanes) is 1. The highest BCUT2D eigenvalue weighted by atomic mass is 32.3. The van der Waals surface area contributed by atoms with Gasteiger partial charge in [0.15, 0.2) is 0 Å². The molecule has 1 aliphatic heterocycles. The van der Waals surface area contributed by atoms with Gasteiger partial charge in [-0.15, -0.1) is 3.89 Å². The van der Waals surface area contributed by atoms with E-state index in [4.69, 9.17) is 4.74 Å². The van der Waals surface area contributed by atoms with E-state index in [1.54, 1.807) is 20.8 Å². The van der Waals surface area contributed by atoms with Gasteiger partial charge in [-0.2, -0.15) is 8.42 Å². The molecule has 0 aliphatic carbocycles. The third-order valence-corrected chi connectivity index (χ3v) is 4.21. The highest BCUT2D eigenvalue weighted by Crippen LogP contribution is 2.19. The highest BCUT2D eigenvalue weighted by Gasteiger charge is 2.37. The second-order valence-electron chi connectivity index (χ2n) is 6.28. The van der Waals surface area contributed by atoms with Crippen molar-refractivity contribution in [3.8, 4) is 0 Å². The standard InChI is InChI=1S/C13H23FN2O5S/c1-13(2,3)21-12(18)15-6-4-5-7-16-9-10(8-11(16)17)22(14,19)20/h10H,4-9H2,1-3H3,(H,15,18). The summed E-state index contributed by atoms with van der Waals surface area (Å²) in [5.74, 6) is -0.355. The number of carbonyl (C=O) groups excluding carboxylic acids is 2. The van der Waals surface area contributed by atoms with Crippen molar-refractivity contribution in [1.82, 2.24) is 10.2 Å². The molecule has 0 saturated carbocycles. The van der Waals surface area contributed by atoms with Crippen LogP contribution in [0, 0.1) is 0 Å². The number of likely N-dealkylation sites (tertiary alicyclic amines) is 1. The van der Waals surface area contributed by atoms with E-state index in [1.165, 1.54) is 4.90 Å². The number of hydrogen-bond acceptors (Lipinski definition) is 5. The summed E-state index contributed by atoms with van der Waals surface area (Å²) in [6.45, 7) is 5.93. The Kier molecular flexibility index (Phi) is 6.16. The SMILES string of the molecule is CC(C)(C)OC(=O)NCCCCN1CC(S(=O)(=O)F)CC1=O. The van der Waals surface area contributed by atoms with Crippen LogP contribution in [-0.2, 0) is 19.8 Å². The van der Waals surface area contributed by atoms with Gasteiger partial charge in [0.05, 0.1) is 0 Å². The fraction of sp³-hybridized carbons (Fsp3) is 0.846. The summed E-state index contributed by atoms with van der Waals surface area (Å²) in [6.07, 6.45) is 0.388. The van der Waals surface area contributed by atoms with Gasteiger partial charge in [0.2, 0.25) is 5.91 Å². The molecule has 0 spiro atoms. The Labute approximate surface area is 130 Å². The van der Waals surface area contributed by atoms with Crippen molar-refractivity contribution in [3.63, 3.8) is 0 Å². The van der Waals surface area contributed by atoms with Crippen LogP contribution in [0.4, 0.5) is 8.68 Å². The van der Waals surface area contributed by atoms with Gasteiger partial charge < -0.3 is 15.0 Å². The Morgan fingerprint density at radius 1 is 1.41 bits per heavy atom. The quantitative estimate of drug-likeness (QED) is 0.580. The summed E-state index contributed by atoms with van der Waals surface area (Å²) >= 11 is 0. The number of nitrogens with one attached hydrogen (secondary N) is 1. The lowest BCUT2D eigenvalue weighted by atomic mass is 10.2. The molecule has 22 heavy (non-hydrogen) atoms. The average Bonchev–Trinajstić information content (AvgIpc) is 2.68. The number of hydrogen-bond donors (Lipinski definition) is 1. The molecule has 1 heterocycles. The molecule has 128 valence electrons. The summed E-state index contributed by atoms with van der Waals surface area (Å²) < 4.78 is 39.5. The van der Waals surface area contributed by atoms with E-state index < -0.39 is 27.2 Å². The predicted octanol–water partition coefficient (Wildman–Crippen LogP) is 1.19. The highest BCUT2D eigenvalue weighted by molar-refractivity contribution is 7.87. The first kappa shape index (κ1) is 18.7. The van der Waals surface area contributed by atoms with E-state index in [-0.39, 0.29) is 18.9 Å². The van der Waals surface area contributed by atoms with Gasteiger partial charge in [-0.3, -0.25) is 4.79 Å². The van der Waals surface area contributed by atoms with Crippen LogP contribution in [0.1, 0.15) is 40.0 Å². The van der Waals surface area contributed by atoms with Crippen LogP contribution in [0.3, 0.4) is 0 Å². The first-order chi connectivity index (χ1) is 9.99. The normalized spacial score (nSPS) is 19.4. The van der Waals surface area contributed by atoms with Crippen molar-refractivity contribution in [1.29, 1.82) is 0 Å². The van der Waals surface area contributed by atoms with Crippen LogP contribution in [0.5, 0.6) is 0 Å². The van der Waals surface area contributed by atoms with Crippen molar-refractivity contribution in [2.45, 2.75) is 50.9 Å². The maximum Gasteiger partial charge on any atom is 0.407 e. The second kappa shape index (κ2) is 7.26. The van der Waals surface area contributed by atoms with Crippen LogP contribution in [-0.4, -0.2) is 55.8 Å². The molecule has 1 rings (SSSR count). The number of carbonyl (C=O) groups is 2. The third kappa shape index (κ3) is 6.59. The fourth-order valence-electron chi connectivity index (χ4n) is 2.07. The molecule has 1 aliphatic rings. The zero-order chi connectivity index (χ0) is 17.0. The summed E-state index contributed by atoms with van der Waals surface area (Å²) in [7, 11) is -4.67. The van der Waals surface area contributed by atoms with E-state index in [0.717, 1.165) is 0 Å². The summed E-state index contributed by atoms with van der Waals surface area (Å²) in [4.78, 5) is 24.3. The Morgan fingerprint density at radius 3 is 2.55 bits per heavy atom. The molecular formula is C13H23FN2O5S. The van der Waals surface area contributed by atoms with Crippen molar-refractivity contribution < 1.29 is 26.6 Å². The Balaban J connectivity index is 2.20. The molecule has 2 amide bonds. The third-order valence-electron chi connectivity index (χ3n) is 3.10. The van der Waals surface area contributed by atoms with Gasteiger partial charge in [0.1, 0.15) is 10.9 Å². The van der Waals surface area contributed by atoms with Crippen LogP contribution in [0.2, 0.25) is 0 Å². The fourth-order valence-corrected chi connectivity index (χ4v) is 2.77. The first-order valence-electron chi connectivity index (χ1n) is 7.17. The number of nitrogens with zero attached hydrogens (tertiary/aromatic N) is 1.